The van der Waals surface area contributed by atoms with E-state index in [1.165, 1.54) is 0 Å². The van der Waals surface area contributed by atoms with Gasteiger partial charge in [-0.2, -0.15) is 0 Å². The molecular formula is C18H26N2O3. The topological polar surface area (TPSA) is 78.4 Å². The van der Waals surface area contributed by atoms with Gasteiger partial charge in [0, 0.05) is 6.04 Å². The van der Waals surface area contributed by atoms with Crippen LogP contribution in [0.2, 0.25) is 0 Å². The Bertz CT molecular complexity index is 522. The summed E-state index contributed by atoms with van der Waals surface area (Å²) in [5.41, 5.74) is 1.09. The van der Waals surface area contributed by atoms with Gasteiger partial charge in [0.15, 0.2) is 0 Å². The first-order valence-corrected chi connectivity index (χ1v) is 8.32. The van der Waals surface area contributed by atoms with Crippen LogP contribution in [0.1, 0.15) is 51.1 Å². The van der Waals surface area contributed by atoms with E-state index in [0.717, 1.165) is 18.4 Å². The molecular weight excluding hydrogens is 292 g/mol. The quantitative estimate of drug-likeness (QED) is 0.779. The van der Waals surface area contributed by atoms with E-state index < -0.39 is 5.97 Å². The van der Waals surface area contributed by atoms with Gasteiger partial charge in [-0.3, -0.25) is 4.79 Å². The van der Waals surface area contributed by atoms with E-state index in [2.05, 4.69) is 24.5 Å². The van der Waals surface area contributed by atoms with Crippen molar-refractivity contribution in [3.8, 4) is 0 Å². The standard InChI is InChI=1S/C18H26N2O3/c1-12(2)16(13-6-4-3-5-7-13)20-18(23)19-15-10-8-14(9-11-15)17(21)22/h3-7,12,14-16H,8-11H2,1-2H3,(H,21,22)(H2,19,20,23). The Labute approximate surface area is 137 Å². The Balaban J connectivity index is 1.87. The van der Waals surface area contributed by atoms with Gasteiger partial charge in [0.1, 0.15) is 0 Å². The van der Waals surface area contributed by atoms with Crippen LogP contribution in [0.3, 0.4) is 0 Å². The Morgan fingerprint density at radius 2 is 1.70 bits per heavy atom. The molecule has 2 rings (SSSR count). The average Bonchev–Trinajstić information content (AvgIpc) is 2.53. The maximum atomic E-state index is 12.3. The number of amides is 2. The number of aliphatic carboxylic acids is 1. The third-order valence-electron chi connectivity index (χ3n) is 4.52. The molecule has 0 aliphatic heterocycles. The molecule has 0 radical (unpaired) electrons. The lowest BCUT2D eigenvalue weighted by atomic mass is 9.86. The van der Waals surface area contributed by atoms with Gasteiger partial charge in [0.25, 0.3) is 0 Å². The first kappa shape index (κ1) is 17.3. The van der Waals surface area contributed by atoms with Gasteiger partial charge in [0.2, 0.25) is 0 Å². The lowest BCUT2D eigenvalue weighted by Crippen LogP contribution is -2.46. The van der Waals surface area contributed by atoms with Crippen molar-refractivity contribution >= 4 is 12.0 Å². The Kier molecular flexibility index (Phi) is 6.02. The van der Waals surface area contributed by atoms with Gasteiger partial charge in [-0.15, -0.1) is 0 Å². The zero-order valence-electron chi connectivity index (χ0n) is 13.8. The van der Waals surface area contributed by atoms with Crippen molar-refractivity contribution in [2.75, 3.05) is 0 Å². The summed E-state index contributed by atoms with van der Waals surface area (Å²) in [5, 5.41) is 15.1. The summed E-state index contributed by atoms with van der Waals surface area (Å²) in [6.45, 7) is 4.16. The summed E-state index contributed by atoms with van der Waals surface area (Å²) >= 11 is 0. The van der Waals surface area contributed by atoms with Gasteiger partial charge in [-0.05, 0) is 37.2 Å². The first-order chi connectivity index (χ1) is 11.0. The summed E-state index contributed by atoms with van der Waals surface area (Å²) in [6.07, 6.45) is 2.71. The lowest BCUT2D eigenvalue weighted by Gasteiger charge is -2.29. The second-order valence-electron chi connectivity index (χ2n) is 6.64. The molecule has 0 bridgehead atoms. The fourth-order valence-electron chi connectivity index (χ4n) is 3.15. The Morgan fingerprint density at radius 1 is 1.09 bits per heavy atom. The number of hydrogen-bond acceptors (Lipinski definition) is 2. The highest BCUT2D eigenvalue weighted by molar-refractivity contribution is 5.75. The summed E-state index contributed by atoms with van der Waals surface area (Å²) in [5.74, 6) is -0.702. The van der Waals surface area contributed by atoms with Crippen molar-refractivity contribution in [3.63, 3.8) is 0 Å². The van der Waals surface area contributed by atoms with Crippen LogP contribution in [0.5, 0.6) is 0 Å². The number of carboxylic acid groups (broad SMARTS) is 1. The monoisotopic (exact) mass is 318 g/mol. The number of nitrogens with one attached hydrogen (secondary N) is 2. The minimum absolute atomic E-state index is 0.0356. The molecule has 1 aliphatic rings. The Hall–Kier alpha value is -2.04. The number of benzene rings is 1. The molecule has 23 heavy (non-hydrogen) atoms. The van der Waals surface area contributed by atoms with Crippen LogP contribution in [0, 0.1) is 11.8 Å². The number of carbonyl (C=O) groups is 2. The Morgan fingerprint density at radius 3 is 2.22 bits per heavy atom. The normalized spacial score (nSPS) is 22.4. The third-order valence-corrected chi connectivity index (χ3v) is 4.52. The molecule has 5 nitrogen and oxygen atoms in total. The molecule has 0 saturated heterocycles. The van der Waals surface area contributed by atoms with Gasteiger partial charge in [-0.1, -0.05) is 44.2 Å². The number of rotatable bonds is 5. The molecule has 1 unspecified atom stereocenters. The summed E-state index contributed by atoms with van der Waals surface area (Å²) in [6, 6.07) is 9.79. The fraction of sp³-hybridized carbons (Fsp3) is 0.556. The largest absolute Gasteiger partial charge is 0.481 e. The summed E-state index contributed by atoms with van der Waals surface area (Å²) < 4.78 is 0. The second kappa shape index (κ2) is 7.99. The first-order valence-electron chi connectivity index (χ1n) is 8.32. The smallest absolute Gasteiger partial charge is 0.315 e. The van der Waals surface area contributed by atoms with E-state index >= 15 is 0 Å². The fourth-order valence-corrected chi connectivity index (χ4v) is 3.15. The van der Waals surface area contributed by atoms with Crippen LogP contribution >= 0.6 is 0 Å². The molecule has 1 saturated carbocycles. The molecule has 0 heterocycles. The van der Waals surface area contributed by atoms with E-state index in [0.29, 0.717) is 12.8 Å². The zero-order chi connectivity index (χ0) is 16.8. The summed E-state index contributed by atoms with van der Waals surface area (Å²) in [4.78, 5) is 23.2. The van der Waals surface area contributed by atoms with Crippen LogP contribution in [-0.4, -0.2) is 23.1 Å². The van der Waals surface area contributed by atoms with Crippen molar-refractivity contribution < 1.29 is 14.7 Å². The number of carbonyl (C=O) groups excluding carboxylic acids is 1. The predicted molar refractivity (Wildman–Crippen MR) is 89.1 cm³/mol. The van der Waals surface area contributed by atoms with Gasteiger partial charge in [-0.25, -0.2) is 4.79 Å². The van der Waals surface area contributed by atoms with Crippen LogP contribution in [0.4, 0.5) is 4.79 Å². The molecule has 1 aliphatic carbocycles. The van der Waals surface area contributed by atoms with Crippen LogP contribution < -0.4 is 10.6 Å². The van der Waals surface area contributed by atoms with Gasteiger partial charge < -0.3 is 15.7 Å². The molecule has 1 aromatic carbocycles. The summed E-state index contributed by atoms with van der Waals surface area (Å²) in [7, 11) is 0. The molecule has 1 fully saturated rings. The molecule has 126 valence electrons. The van der Waals surface area contributed by atoms with Crippen LogP contribution in [0.15, 0.2) is 30.3 Å². The van der Waals surface area contributed by atoms with E-state index in [1.807, 2.05) is 30.3 Å². The van der Waals surface area contributed by atoms with E-state index in [9.17, 15) is 9.59 Å². The zero-order valence-corrected chi connectivity index (χ0v) is 13.8. The number of carboxylic acids is 1. The molecule has 0 spiro atoms. The van der Waals surface area contributed by atoms with Crippen molar-refractivity contribution in [1.82, 2.24) is 10.6 Å². The molecule has 1 atom stereocenters. The van der Waals surface area contributed by atoms with E-state index in [-0.39, 0.29) is 30.0 Å². The molecule has 1 aromatic rings. The van der Waals surface area contributed by atoms with E-state index in [4.69, 9.17) is 5.11 Å². The van der Waals surface area contributed by atoms with E-state index in [1.54, 1.807) is 0 Å². The SMILES string of the molecule is CC(C)C(NC(=O)NC1CCC(C(=O)O)CC1)c1ccccc1. The second-order valence-corrected chi connectivity index (χ2v) is 6.64. The maximum absolute atomic E-state index is 12.3. The van der Waals surface area contributed by atoms with Crippen molar-refractivity contribution in [2.45, 2.75) is 51.6 Å². The highest BCUT2D eigenvalue weighted by atomic mass is 16.4. The minimum atomic E-state index is -0.725. The van der Waals surface area contributed by atoms with Gasteiger partial charge >= 0.3 is 12.0 Å². The van der Waals surface area contributed by atoms with Crippen LogP contribution in [0.25, 0.3) is 0 Å². The third kappa shape index (κ3) is 4.98. The van der Waals surface area contributed by atoms with Crippen LogP contribution in [-0.2, 0) is 4.79 Å². The minimum Gasteiger partial charge on any atom is -0.481 e. The number of hydrogen-bond donors (Lipinski definition) is 3. The predicted octanol–water partition coefficient (Wildman–Crippen LogP) is 3.33. The number of urea groups is 1. The molecule has 0 aromatic heterocycles. The van der Waals surface area contributed by atoms with Crippen molar-refractivity contribution in [2.24, 2.45) is 11.8 Å². The molecule has 5 heteroatoms. The molecule has 2 amide bonds. The highest BCUT2D eigenvalue weighted by Crippen LogP contribution is 2.25. The highest BCUT2D eigenvalue weighted by Gasteiger charge is 2.27. The van der Waals surface area contributed by atoms with Crippen molar-refractivity contribution in [3.05, 3.63) is 35.9 Å². The average molecular weight is 318 g/mol. The molecule has 3 N–H and O–H groups in total. The van der Waals surface area contributed by atoms with Gasteiger partial charge in [0.05, 0.1) is 12.0 Å². The van der Waals surface area contributed by atoms with Crippen molar-refractivity contribution in [1.29, 1.82) is 0 Å². The maximum Gasteiger partial charge on any atom is 0.315 e. The lowest BCUT2D eigenvalue weighted by molar-refractivity contribution is -0.142.